The monoisotopic (exact) mass is 601 g/mol. The van der Waals surface area contributed by atoms with Gasteiger partial charge in [-0.3, -0.25) is 0 Å². The third kappa shape index (κ3) is 4.66. The van der Waals surface area contributed by atoms with Gasteiger partial charge in [-0.25, -0.2) is 14.2 Å². The van der Waals surface area contributed by atoms with Crippen LogP contribution in [-0.4, -0.2) is 40.4 Å². The zero-order chi connectivity index (χ0) is 27.6. The number of hydrogen-bond acceptors (Lipinski definition) is 7. The molecule has 2 saturated carbocycles. The Morgan fingerprint density at radius 1 is 1.20 bits per heavy atom. The zero-order valence-electron chi connectivity index (χ0n) is 21.5. The molecule has 3 fully saturated rings. The predicted molar refractivity (Wildman–Crippen MR) is 152 cm³/mol. The van der Waals surface area contributed by atoms with Crippen molar-refractivity contribution in [3.05, 3.63) is 63.1 Å². The Kier molecular flexibility index (Phi) is 6.53. The van der Waals surface area contributed by atoms with Crippen molar-refractivity contribution in [3.8, 4) is 11.3 Å². The fourth-order valence-electron chi connectivity index (χ4n) is 6.09. The van der Waals surface area contributed by atoms with Crippen LogP contribution in [0.15, 0.2) is 34.9 Å². The van der Waals surface area contributed by atoms with E-state index in [0.717, 1.165) is 74.1 Å². The van der Waals surface area contributed by atoms with E-state index in [9.17, 15) is 14.3 Å². The van der Waals surface area contributed by atoms with Gasteiger partial charge in [0.1, 0.15) is 17.0 Å². The van der Waals surface area contributed by atoms with Crippen molar-refractivity contribution in [1.29, 1.82) is 0 Å². The van der Waals surface area contributed by atoms with Gasteiger partial charge < -0.3 is 19.3 Å². The van der Waals surface area contributed by atoms with Gasteiger partial charge in [-0.15, -0.1) is 0 Å². The van der Waals surface area contributed by atoms with Crippen LogP contribution in [-0.2, 0) is 11.3 Å². The lowest BCUT2D eigenvalue weighted by atomic mass is 9.61. The maximum Gasteiger partial charge on any atom is 0.335 e. The Hall–Kier alpha value is -2.72. The minimum Gasteiger partial charge on any atom is -0.478 e. The molecule has 11 heteroatoms. The van der Waals surface area contributed by atoms with Crippen molar-refractivity contribution in [3.63, 3.8) is 0 Å². The van der Waals surface area contributed by atoms with Crippen molar-refractivity contribution in [2.75, 3.05) is 18.0 Å². The molecule has 0 bridgehead atoms. The number of carbonyl (C=O) groups is 1. The van der Waals surface area contributed by atoms with E-state index in [1.807, 2.05) is 6.07 Å². The highest BCUT2D eigenvalue weighted by molar-refractivity contribution is 7.22. The molecule has 2 aromatic heterocycles. The van der Waals surface area contributed by atoms with Gasteiger partial charge in [-0.05, 0) is 68.2 Å². The van der Waals surface area contributed by atoms with E-state index < -0.39 is 11.8 Å². The predicted octanol–water partition coefficient (Wildman–Crippen LogP) is 7.94. The molecule has 0 radical (unpaired) electrons. The lowest BCUT2D eigenvalue weighted by Gasteiger charge is -2.51. The fourth-order valence-corrected chi connectivity index (χ4v) is 7.74. The van der Waals surface area contributed by atoms with E-state index >= 15 is 0 Å². The number of nitrogens with zero attached hydrogens (tertiary/aromatic N) is 3. The first kappa shape index (κ1) is 26.2. The number of aromatic carboxylic acids is 1. The second-order valence-corrected chi connectivity index (χ2v) is 13.0. The average molecular weight is 603 g/mol. The molecular weight excluding hydrogens is 576 g/mol. The fraction of sp³-hybridized carbons (Fsp3) is 0.414. The van der Waals surface area contributed by atoms with Gasteiger partial charge in [-0.1, -0.05) is 45.8 Å². The van der Waals surface area contributed by atoms with Crippen LogP contribution in [0.25, 0.3) is 21.5 Å². The third-order valence-corrected chi connectivity index (χ3v) is 10.2. The first-order valence-electron chi connectivity index (χ1n) is 13.4. The number of piperidine rings is 1. The first-order valence-corrected chi connectivity index (χ1v) is 15.0. The van der Waals surface area contributed by atoms with Crippen LogP contribution in [0, 0.1) is 11.2 Å². The number of anilines is 1. The summed E-state index contributed by atoms with van der Waals surface area (Å²) in [6.45, 7) is 2.06. The minimum atomic E-state index is -1.14. The normalized spacial score (nSPS) is 18.9. The molecule has 0 atom stereocenters. The van der Waals surface area contributed by atoms with Crippen molar-refractivity contribution < 1.29 is 23.6 Å². The Labute approximate surface area is 243 Å². The smallest absolute Gasteiger partial charge is 0.335 e. The number of fused-ring (bicyclic) bond motifs is 1. The Morgan fingerprint density at radius 3 is 2.60 bits per heavy atom. The number of ether oxygens (including phenoxy) is 1. The molecule has 0 unspecified atom stereocenters. The standard InChI is InChI=1S/C29H26Cl2FN3O4S/c30-19-2-1-3-20(31)23(19)24-18(26(39-34-24)15-4-5-15)14-38-17-12-29(13-17)6-8-35(9-7-29)28-33-25-21(32)10-16(27(36)37)11-22(25)40-28/h1-3,10-11,15,17H,4-9,12-14H2,(H,36,37). The van der Waals surface area contributed by atoms with E-state index in [0.29, 0.717) is 38.5 Å². The largest absolute Gasteiger partial charge is 0.478 e. The molecule has 0 amide bonds. The summed E-state index contributed by atoms with van der Waals surface area (Å²) in [7, 11) is 0. The summed E-state index contributed by atoms with van der Waals surface area (Å²) in [5, 5.41) is 15.4. The summed E-state index contributed by atoms with van der Waals surface area (Å²) >= 11 is 14.3. The van der Waals surface area contributed by atoms with Gasteiger partial charge in [0.05, 0.1) is 33.0 Å². The lowest BCUT2D eigenvalue weighted by Crippen LogP contribution is -2.50. The molecule has 1 saturated heterocycles. The quantitative estimate of drug-likeness (QED) is 0.230. The molecule has 7 nitrogen and oxygen atoms in total. The van der Waals surface area contributed by atoms with E-state index in [1.165, 1.54) is 17.4 Å². The van der Waals surface area contributed by atoms with Crippen molar-refractivity contribution in [1.82, 2.24) is 10.1 Å². The second-order valence-electron chi connectivity index (χ2n) is 11.2. The topological polar surface area (TPSA) is 88.7 Å². The molecular formula is C29H26Cl2FN3O4S. The van der Waals surface area contributed by atoms with Crippen LogP contribution in [0.2, 0.25) is 10.0 Å². The second kappa shape index (κ2) is 9.98. The molecule has 1 aliphatic heterocycles. The number of carboxylic acids is 1. The van der Waals surface area contributed by atoms with E-state index in [-0.39, 0.29) is 22.6 Å². The van der Waals surface area contributed by atoms with Crippen LogP contribution in [0.4, 0.5) is 9.52 Å². The zero-order valence-corrected chi connectivity index (χ0v) is 23.8. The van der Waals surface area contributed by atoms with E-state index in [4.69, 9.17) is 32.5 Å². The van der Waals surface area contributed by atoms with E-state index in [2.05, 4.69) is 15.0 Å². The Morgan fingerprint density at radius 2 is 1.93 bits per heavy atom. The summed E-state index contributed by atoms with van der Waals surface area (Å²) in [5.74, 6) is -0.474. The minimum absolute atomic E-state index is 0.0594. The molecule has 2 aliphatic carbocycles. The molecule has 40 heavy (non-hydrogen) atoms. The van der Waals surface area contributed by atoms with Gasteiger partial charge in [0.25, 0.3) is 0 Å². The van der Waals surface area contributed by atoms with Crippen molar-refractivity contribution >= 4 is 55.9 Å². The number of rotatable bonds is 7. The molecule has 1 spiro atoms. The summed E-state index contributed by atoms with van der Waals surface area (Å²) < 4.78 is 27.2. The number of carboxylic acid groups (broad SMARTS) is 1. The maximum absolute atomic E-state index is 14.5. The number of aromatic nitrogens is 2. The molecule has 3 heterocycles. The van der Waals surface area contributed by atoms with Gasteiger partial charge in [0.15, 0.2) is 10.9 Å². The Balaban J connectivity index is 0.995. The van der Waals surface area contributed by atoms with Crippen LogP contribution in [0.1, 0.15) is 66.1 Å². The van der Waals surface area contributed by atoms with Crippen molar-refractivity contribution in [2.24, 2.45) is 5.41 Å². The van der Waals surface area contributed by atoms with Gasteiger partial charge in [0.2, 0.25) is 0 Å². The molecule has 2 aromatic carbocycles. The van der Waals surface area contributed by atoms with Gasteiger partial charge >= 0.3 is 5.97 Å². The molecule has 1 N–H and O–H groups in total. The molecule has 4 aromatic rings. The molecule has 3 aliphatic rings. The number of hydrogen-bond donors (Lipinski definition) is 1. The summed E-state index contributed by atoms with van der Waals surface area (Å²) in [5.41, 5.74) is 2.72. The SMILES string of the molecule is O=C(O)c1cc(F)c2nc(N3CCC4(CC3)CC(OCc3c(-c5c(Cl)cccc5Cl)noc3C3CC3)C4)sc2c1. The highest BCUT2D eigenvalue weighted by Crippen LogP contribution is 2.52. The average Bonchev–Trinajstić information content (AvgIpc) is 3.52. The summed E-state index contributed by atoms with van der Waals surface area (Å²) in [6.07, 6.45) is 6.33. The number of benzene rings is 2. The van der Waals surface area contributed by atoms with E-state index in [1.54, 1.807) is 12.1 Å². The van der Waals surface area contributed by atoms with Crippen LogP contribution >= 0.6 is 34.5 Å². The van der Waals surface area contributed by atoms with Gasteiger partial charge in [-0.2, -0.15) is 0 Å². The number of halogens is 3. The van der Waals surface area contributed by atoms with Crippen LogP contribution in [0.5, 0.6) is 0 Å². The number of thiazole rings is 1. The highest BCUT2D eigenvalue weighted by atomic mass is 35.5. The lowest BCUT2D eigenvalue weighted by molar-refractivity contribution is -0.0979. The van der Waals surface area contributed by atoms with Gasteiger partial charge in [0, 0.05) is 30.1 Å². The first-order chi connectivity index (χ1) is 19.3. The summed E-state index contributed by atoms with van der Waals surface area (Å²) in [6, 6.07) is 7.96. The third-order valence-electron chi connectivity index (χ3n) is 8.53. The highest BCUT2D eigenvalue weighted by Gasteiger charge is 2.47. The Bertz CT molecular complexity index is 1600. The van der Waals surface area contributed by atoms with Crippen LogP contribution in [0.3, 0.4) is 0 Å². The summed E-state index contributed by atoms with van der Waals surface area (Å²) in [4.78, 5) is 18.0. The van der Waals surface area contributed by atoms with Crippen LogP contribution < -0.4 is 4.90 Å². The van der Waals surface area contributed by atoms with Crippen molar-refractivity contribution in [2.45, 2.75) is 57.2 Å². The maximum atomic E-state index is 14.5. The molecule has 7 rings (SSSR count). The molecule has 208 valence electrons.